The Morgan fingerprint density at radius 1 is 1.29 bits per heavy atom. The molecular formula is C16H21NO4. The molecule has 0 unspecified atom stereocenters. The molecule has 1 fully saturated rings. The van der Waals surface area contributed by atoms with Crippen molar-refractivity contribution in [1.29, 1.82) is 0 Å². The molecule has 0 spiro atoms. The van der Waals surface area contributed by atoms with Crippen LogP contribution >= 0.6 is 0 Å². The number of benzene rings is 1. The molecule has 0 aliphatic heterocycles. The Morgan fingerprint density at radius 2 is 2.00 bits per heavy atom. The fourth-order valence-corrected chi connectivity index (χ4v) is 2.70. The predicted molar refractivity (Wildman–Crippen MR) is 78.3 cm³/mol. The van der Waals surface area contributed by atoms with Crippen LogP contribution in [0.4, 0.5) is 0 Å². The van der Waals surface area contributed by atoms with Crippen LogP contribution in [0.5, 0.6) is 5.75 Å². The highest BCUT2D eigenvalue weighted by Crippen LogP contribution is 2.28. The number of rotatable bonds is 5. The van der Waals surface area contributed by atoms with E-state index in [9.17, 15) is 14.7 Å². The van der Waals surface area contributed by atoms with Crippen LogP contribution in [0.1, 0.15) is 37.7 Å². The number of carboxylic acid groups (broad SMARTS) is 1. The molecule has 1 aromatic rings. The Balaban J connectivity index is 1.92. The summed E-state index contributed by atoms with van der Waals surface area (Å²) >= 11 is 0. The van der Waals surface area contributed by atoms with Crippen molar-refractivity contribution in [3.8, 4) is 5.75 Å². The van der Waals surface area contributed by atoms with Crippen LogP contribution in [-0.4, -0.2) is 29.1 Å². The van der Waals surface area contributed by atoms with E-state index < -0.39 is 11.5 Å². The molecule has 0 radical (unpaired) electrons. The van der Waals surface area contributed by atoms with Crippen LogP contribution in [-0.2, 0) is 9.59 Å². The summed E-state index contributed by atoms with van der Waals surface area (Å²) in [7, 11) is 0. The van der Waals surface area contributed by atoms with E-state index in [4.69, 9.17) is 4.74 Å². The van der Waals surface area contributed by atoms with Crippen molar-refractivity contribution in [2.45, 2.75) is 44.6 Å². The van der Waals surface area contributed by atoms with E-state index in [0.29, 0.717) is 18.6 Å². The minimum Gasteiger partial charge on any atom is -0.484 e. The summed E-state index contributed by atoms with van der Waals surface area (Å²) in [4.78, 5) is 23.5. The Kier molecular flexibility index (Phi) is 4.83. The largest absolute Gasteiger partial charge is 0.484 e. The molecule has 2 N–H and O–H groups in total. The second-order valence-corrected chi connectivity index (χ2v) is 5.60. The van der Waals surface area contributed by atoms with Gasteiger partial charge < -0.3 is 15.2 Å². The molecule has 0 heterocycles. The monoisotopic (exact) mass is 291 g/mol. The molecular weight excluding hydrogens is 270 g/mol. The maximum absolute atomic E-state index is 12.0. The third kappa shape index (κ3) is 3.97. The molecule has 5 heteroatoms. The highest BCUT2D eigenvalue weighted by molar-refractivity contribution is 5.87. The molecule has 1 amide bonds. The van der Waals surface area contributed by atoms with Crippen molar-refractivity contribution >= 4 is 11.9 Å². The number of aryl methyl sites for hydroxylation is 1. The Hall–Kier alpha value is -2.04. The molecule has 0 bridgehead atoms. The highest BCUT2D eigenvalue weighted by atomic mass is 16.5. The third-order valence-corrected chi connectivity index (χ3v) is 3.85. The van der Waals surface area contributed by atoms with E-state index in [-0.39, 0.29) is 12.5 Å². The van der Waals surface area contributed by atoms with Gasteiger partial charge in [-0.2, -0.15) is 0 Å². The van der Waals surface area contributed by atoms with Crippen LogP contribution < -0.4 is 10.1 Å². The molecule has 1 aliphatic rings. The SMILES string of the molecule is Cc1cccc(OCC(=O)NC2(C(=O)O)CCCCC2)c1. The van der Waals surface area contributed by atoms with Crippen LogP contribution in [0.25, 0.3) is 0 Å². The summed E-state index contributed by atoms with van der Waals surface area (Å²) in [5.74, 6) is -0.731. The topological polar surface area (TPSA) is 75.6 Å². The predicted octanol–water partition coefficient (Wildman–Crippen LogP) is 2.28. The standard InChI is InChI=1S/C16H21NO4/c1-12-6-5-7-13(10-12)21-11-14(18)17-16(15(19)20)8-3-2-4-9-16/h5-7,10H,2-4,8-9,11H2,1H3,(H,17,18)(H,19,20). The smallest absolute Gasteiger partial charge is 0.329 e. The second-order valence-electron chi connectivity index (χ2n) is 5.60. The van der Waals surface area contributed by atoms with Gasteiger partial charge in [0.05, 0.1) is 0 Å². The Morgan fingerprint density at radius 3 is 2.62 bits per heavy atom. The van der Waals surface area contributed by atoms with Crippen molar-refractivity contribution in [2.24, 2.45) is 0 Å². The molecule has 1 aliphatic carbocycles. The first-order valence-corrected chi connectivity index (χ1v) is 7.26. The fraction of sp³-hybridized carbons (Fsp3) is 0.500. The number of carbonyl (C=O) groups excluding carboxylic acids is 1. The van der Waals surface area contributed by atoms with Gasteiger partial charge in [0.2, 0.25) is 0 Å². The lowest BCUT2D eigenvalue weighted by molar-refractivity contribution is -0.149. The number of ether oxygens (including phenoxy) is 1. The number of amides is 1. The Labute approximate surface area is 124 Å². The summed E-state index contributed by atoms with van der Waals surface area (Å²) in [6, 6.07) is 7.39. The highest BCUT2D eigenvalue weighted by Gasteiger charge is 2.40. The second kappa shape index (κ2) is 6.61. The van der Waals surface area contributed by atoms with Crippen LogP contribution in [0.2, 0.25) is 0 Å². The van der Waals surface area contributed by atoms with Gasteiger partial charge in [-0.05, 0) is 37.5 Å². The average Bonchev–Trinajstić information content (AvgIpc) is 2.46. The lowest BCUT2D eigenvalue weighted by Crippen LogP contribution is -2.56. The van der Waals surface area contributed by atoms with Gasteiger partial charge in [-0.25, -0.2) is 4.79 Å². The molecule has 5 nitrogen and oxygen atoms in total. The number of carboxylic acids is 1. The number of aliphatic carboxylic acids is 1. The van der Waals surface area contributed by atoms with Gasteiger partial charge in [-0.3, -0.25) is 4.79 Å². The minimum absolute atomic E-state index is 0.168. The molecule has 0 atom stereocenters. The number of nitrogens with one attached hydrogen (secondary N) is 1. The van der Waals surface area contributed by atoms with Gasteiger partial charge >= 0.3 is 5.97 Å². The third-order valence-electron chi connectivity index (χ3n) is 3.85. The van der Waals surface area contributed by atoms with E-state index in [1.807, 2.05) is 25.1 Å². The Bertz CT molecular complexity index is 521. The van der Waals surface area contributed by atoms with Gasteiger partial charge in [0.15, 0.2) is 6.61 Å². The number of hydrogen-bond acceptors (Lipinski definition) is 3. The minimum atomic E-state index is -1.12. The van der Waals surface area contributed by atoms with E-state index >= 15 is 0 Å². The number of hydrogen-bond donors (Lipinski definition) is 2. The average molecular weight is 291 g/mol. The van der Waals surface area contributed by atoms with Gasteiger partial charge in [0.1, 0.15) is 11.3 Å². The van der Waals surface area contributed by atoms with E-state index in [1.54, 1.807) is 6.07 Å². The molecule has 1 aromatic carbocycles. The normalized spacial score (nSPS) is 17.0. The van der Waals surface area contributed by atoms with E-state index in [2.05, 4.69) is 5.32 Å². The van der Waals surface area contributed by atoms with E-state index in [0.717, 1.165) is 24.8 Å². The zero-order valence-electron chi connectivity index (χ0n) is 12.2. The molecule has 114 valence electrons. The summed E-state index contributed by atoms with van der Waals surface area (Å²) < 4.78 is 5.41. The van der Waals surface area contributed by atoms with E-state index in [1.165, 1.54) is 0 Å². The maximum atomic E-state index is 12.0. The van der Waals surface area contributed by atoms with Gasteiger partial charge in [-0.15, -0.1) is 0 Å². The lowest BCUT2D eigenvalue weighted by atomic mass is 9.81. The summed E-state index contributed by atoms with van der Waals surface area (Å²) in [5.41, 5.74) is -0.0760. The fourth-order valence-electron chi connectivity index (χ4n) is 2.70. The van der Waals surface area contributed by atoms with Crippen molar-refractivity contribution in [3.63, 3.8) is 0 Å². The molecule has 21 heavy (non-hydrogen) atoms. The number of carbonyl (C=O) groups is 2. The summed E-state index contributed by atoms with van der Waals surface area (Å²) in [6.45, 7) is 1.77. The van der Waals surface area contributed by atoms with Crippen molar-refractivity contribution < 1.29 is 19.4 Å². The van der Waals surface area contributed by atoms with Crippen LogP contribution in [0.3, 0.4) is 0 Å². The zero-order chi connectivity index (χ0) is 15.3. The first kappa shape index (κ1) is 15.4. The van der Waals surface area contributed by atoms with Gasteiger partial charge in [-0.1, -0.05) is 31.4 Å². The van der Waals surface area contributed by atoms with Crippen molar-refractivity contribution in [2.75, 3.05) is 6.61 Å². The first-order valence-electron chi connectivity index (χ1n) is 7.26. The van der Waals surface area contributed by atoms with Gasteiger partial charge in [0, 0.05) is 0 Å². The molecule has 2 rings (SSSR count). The van der Waals surface area contributed by atoms with Crippen LogP contribution in [0, 0.1) is 6.92 Å². The quantitative estimate of drug-likeness (QED) is 0.872. The lowest BCUT2D eigenvalue weighted by Gasteiger charge is -2.33. The van der Waals surface area contributed by atoms with Crippen molar-refractivity contribution in [1.82, 2.24) is 5.32 Å². The maximum Gasteiger partial charge on any atom is 0.329 e. The summed E-state index contributed by atoms with van der Waals surface area (Å²) in [5, 5.41) is 12.1. The molecule has 0 aromatic heterocycles. The first-order chi connectivity index (χ1) is 10.0. The van der Waals surface area contributed by atoms with Gasteiger partial charge in [0.25, 0.3) is 5.91 Å². The van der Waals surface area contributed by atoms with Crippen molar-refractivity contribution in [3.05, 3.63) is 29.8 Å². The molecule has 1 saturated carbocycles. The zero-order valence-corrected chi connectivity index (χ0v) is 12.2. The summed E-state index contributed by atoms with van der Waals surface area (Å²) in [6.07, 6.45) is 3.64. The molecule has 0 saturated heterocycles. The van der Waals surface area contributed by atoms with Crippen LogP contribution in [0.15, 0.2) is 24.3 Å².